The van der Waals surface area contributed by atoms with Gasteiger partial charge in [0.15, 0.2) is 0 Å². The van der Waals surface area contributed by atoms with E-state index in [1.165, 1.54) is 0 Å². The average molecular weight is 324 g/mol. The van der Waals surface area contributed by atoms with Crippen LogP contribution in [0.15, 0.2) is 36.5 Å². The minimum Gasteiger partial charge on any atom is -0.337 e. The normalized spacial score (nSPS) is 19.0. The van der Waals surface area contributed by atoms with Crippen LogP contribution in [0, 0.1) is 0 Å². The Morgan fingerprint density at radius 2 is 2.00 bits per heavy atom. The molecule has 1 fully saturated rings. The Hall–Kier alpha value is -2.63. The summed E-state index contributed by atoms with van der Waals surface area (Å²) in [6, 6.07) is 9.74. The lowest BCUT2D eigenvalue weighted by Gasteiger charge is -2.38. The lowest BCUT2D eigenvalue weighted by Crippen LogP contribution is -2.50. The van der Waals surface area contributed by atoms with Gasteiger partial charge in [0.25, 0.3) is 5.91 Å². The maximum Gasteiger partial charge on any atom is 0.271 e. The summed E-state index contributed by atoms with van der Waals surface area (Å²) in [5.74, 6) is 0.133. The number of aromatic nitrogens is 2. The highest BCUT2D eigenvalue weighted by atomic mass is 16.2. The summed E-state index contributed by atoms with van der Waals surface area (Å²) in [7, 11) is 0. The number of hydrogen-bond donors (Lipinski definition) is 1. The standard InChI is InChI=1S/C18H20N4O2/c1-2-22-15-6-4-3-5-13(15)18(17(22)24)8-11-21(12-9-18)16(23)14-7-10-19-20-14/h3-7,10H,2,8-9,11-12H2,1H3,(H,19,20). The molecule has 124 valence electrons. The summed E-state index contributed by atoms with van der Waals surface area (Å²) in [5, 5.41) is 6.56. The second-order valence-electron chi connectivity index (χ2n) is 6.41. The first-order valence-electron chi connectivity index (χ1n) is 8.37. The predicted octanol–water partition coefficient (Wildman–Crippen LogP) is 1.95. The van der Waals surface area contributed by atoms with Crippen molar-refractivity contribution in [2.45, 2.75) is 25.2 Å². The van der Waals surface area contributed by atoms with Crippen LogP contribution in [0.3, 0.4) is 0 Å². The molecule has 1 aromatic heterocycles. The molecule has 24 heavy (non-hydrogen) atoms. The molecule has 1 spiro atoms. The first-order chi connectivity index (χ1) is 11.7. The van der Waals surface area contributed by atoms with Crippen molar-refractivity contribution >= 4 is 17.5 Å². The number of amides is 2. The van der Waals surface area contributed by atoms with Crippen molar-refractivity contribution in [3.05, 3.63) is 47.8 Å². The molecule has 0 bridgehead atoms. The molecular weight excluding hydrogens is 304 g/mol. The van der Waals surface area contributed by atoms with E-state index in [9.17, 15) is 9.59 Å². The summed E-state index contributed by atoms with van der Waals surface area (Å²) >= 11 is 0. The van der Waals surface area contributed by atoms with Crippen LogP contribution in [0.25, 0.3) is 0 Å². The van der Waals surface area contributed by atoms with E-state index in [1.807, 2.05) is 34.9 Å². The monoisotopic (exact) mass is 324 g/mol. The highest BCUT2D eigenvalue weighted by Crippen LogP contribution is 2.47. The second kappa shape index (κ2) is 5.47. The van der Waals surface area contributed by atoms with E-state index in [0.29, 0.717) is 38.2 Å². The SMILES string of the molecule is CCN1C(=O)C2(CCN(C(=O)c3ccn[nH]3)CC2)c2ccccc21. The van der Waals surface area contributed by atoms with E-state index in [1.54, 1.807) is 12.3 Å². The lowest BCUT2D eigenvalue weighted by atomic mass is 9.73. The number of fused-ring (bicyclic) bond motifs is 2. The Morgan fingerprint density at radius 1 is 1.25 bits per heavy atom. The molecule has 2 aliphatic heterocycles. The van der Waals surface area contributed by atoms with Gasteiger partial charge in [0.1, 0.15) is 5.69 Å². The van der Waals surface area contributed by atoms with Crippen LogP contribution >= 0.6 is 0 Å². The molecule has 2 aliphatic rings. The third-order valence-electron chi connectivity index (χ3n) is 5.32. The Bertz CT molecular complexity index is 776. The van der Waals surface area contributed by atoms with E-state index < -0.39 is 5.41 Å². The average Bonchev–Trinajstić information content (AvgIpc) is 3.23. The van der Waals surface area contributed by atoms with Crippen LogP contribution in [0.4, 0.5) is 5.69 Å². The Balaban J connectivity index is 1.60. The van der Waals surface area contributed by atoms with Crippen LogP contribution in [-0.2, 0) is 10.2 Å². The molecule has 0 aliphatic carbocycles. The van der Waals surface area contributed by atoms with Gasteiger partial charge in [-0.15, -0.1) is 0 Å². The van der Waals surface area contributed by atoms with Crippen molar-refractivity contribution in [1.82, 2.24) is 15.1 Å². The number of likely N-dealkylation sites (N-methyl/N-ethyl adjacent to an activating group) is 1. The van der Waals surface area contributed by atoms with E-state index in [-0.39, 0.29) is 11.8 Å². The summed E-state index contributed by atoms with van der Waals surface area (Å²) in [6.45, 7) is 3.84. The van der Waals surface area contributed by atoms with Crippen molar-refractivity contribution in [2.75, 3.05) is 24.5 Å². The van der Waals surface area contributed by atoms with Crippen molar-refractivity contribution in [2.24, 2.45) is 0 Å². The highest BCUT2D eigenvalue weighted by Gasteiger charge is 2.51. The quantitative estimate of drug-likeness (QED) is 0.918. The Morgan fingerprint density at radius 3 is 2.67 bits per heavy atom. The first-order valence-corrected chi connectivity index (χ1v) is 8.37. The van der Waals surface area contributed by atoms with E-state index in [4.69, 9.17) is 0 Å². The maximum atomic E-state index is 13.1. The number of hydrogen-bond acceptors (Lipinski definition) is 3. The molecule has 0 radical (unpaired) electrons. The van der Waals surface area contributed by atoms with E-state index in [2.05, 4.69) is 16.3 Å². The van der Waals surface area contributed by atoms with Gasteiger partial charge < -0.3 is 9.80 Å². The maximum absolute atomic E-state index is 13.1. The van der Waals surface area contributed by atoms with Crippen molar-refractivity contribution in [3.8, 4) is 0 Å². The zero-order valence-corrected chi connectivity index (χ0v) is 13.7. The van der Waals surface area contributed by atoms with Crippen LogP contribution in [-0.4, -0.2) is 46.5 Å². The Labute approximate surface area is 140 Å². The van der Waals surface area contributed by atoms with Gasteiger partial charge in [0, 0.05) is 31.5 Å². The van der Waals surface area contributed by atoms with Crippen molar-refractivity contribution < 1.29 is 9.59 Å². The summed E-state index contributed by atoms with van der Waals surface area (Å²) in [5.41, 5.74) is 2.17. The fourth-order valence-corrected chi connectivity index (χ4v) is 4.03. The molecule has 1 saturated heterocycles. The molecule has 2 amide bonds. The van der Waals surface area contributed by atoms with Gasteiger partial charge in [-0.1, -0.05) is 18.2 Å². The third kappa shape index (κ3) is 1.99. The number of H-pyrrole nitrogens is 1. The summed E-state index contributed by atoms with van der Waals surface area (Å²) < 4.78 is 0. The number of nitrogens with zero attached hydrogens (tertiary/aromatic N) is 3. The van der Waals surface area contributed by atoms with Gasteiger partial charge in [-0.3, -0.25) is 14.7 Å². The summed E-state index contributed by atoms with van der Waals surface area (Å²) in [6.07, 6.45) is 2.91. The summed E-state index contributed by atoms with van der Waals surface area (Å²) in [4.78, 5) is 29.2. The lowest BCUT2D eigenvalue weighted by molar-refractivity contribution is -0.124. The molecule has 6 heteroatoms. The molecule has 0 saturated carbocycles. The molecule has 3 heterocycles. The van der Waals surface area contributed by atoms with Crippen molar-refractivity contribution in [3.63, 3.8) is 0 Å². The molecule has 0 unspecified atom stereocenters. The molecule has 6 nitrogen and oxygen atoms in total. The van der Waals surface area contributed by atoms with Gasteiger partial charge in [-0.2, -0.15) is 5.10 Å². The van der Waals surface area contributed by atoms with Crippen LogP contribution in [0.5, 0.6) is 0 Å². The molecular formula is C18H20N4O2. The number of likely N-dealkylation sites (tertiary alicyclic amines) is 1. The number of aromatic amines is 1. The molecule has 2 aromatic rings. The van der Waals surface area contributed by atoms with Crippen LogP contribution in [0.2, 0.25) is 0 Å². The van der Waals surface area contributed by atoms with Gasteiger partial charge in [-0.25, -0.2) is 0 Å². The zero-order chi connectivity index (χ0) is 16.7. The second-order valence-corrected chi connectivity index (χ2v) is 6.41. The molecule has 0 atom stereocenters. The number of carbonyl (C=O) groups is 2. The zero-order valence-electron chi connectivity index (χ0n) is 13.7. The number of carbonyl (C=O) groups excluding carboxylic acids is 2. The number of nitrogens with one attached hydrogen (secondary N) is 1. The van der Waals surface area contributed by atoms with Gasteiger partial charge >= 0.3 is 0 Å². The van der Waals surface area contributed by atoms with Gasteiger partial charge in [0.2, 0.25) is 5.91 Å². The smallest absolute Gasteiger partial charge is 0.271 e. The highest BCUT2D eigenvalue weighted by molar-refractivity contribution is 6.08. The van der Waals surface area contributed by atoms with Crippen molar-refractivity contribution in [1.29, 1.82) is 0 Å². The number of para-hydroxylation sites is 1. The number of piperidine rings is 1. The van der Waals surface area contributed by atoms with Crippen LogP contribution < -0.4 is 4.90 Å². The van der Waals surface area contributed by atoms with E-state index >= 15 is 0 Å². The van der Waals surface area contributed by atoms with Crippen LogP contribution in [0.1, 0.15) is 35.8 Å². The minimum atomic E-state index is -0.475. The Kier molecular flexibility index (Phi) is 3.40. The van der Waals surface area contributed by atoms with E-state index in [0.717, 1.165) is 11.3 Å². The van der Waals surface area contributed by atoms with Gasteiger partial charge in [0.05, 0.1) is 5.41 Å². The number of benzene rings is 1. The molecule has 1 N–H and O–H groups in total. The fourth-order valence-electron chi connectivity index (χ4n) is 4.03. The number of anilines is 1. The third-order valence-corrected chi connectivity index (χ3v) is 5.32. The molecule has 4 rings (SSSR count). The fraction of sp³-hybridized carbons (Fsp3) is 0.389. The largest absolute Gasteiger partial charge is 0.337 e. The predicted molar refractivity (Wildman–Crippen MR) is 89.9 cm³/mol. The minimum absolute atomic E-state index is 0.0478. The number of rotatable bonds is 2. The topological polar surface area (TPSA) is 69.3 Å². The molecule has 1 aromatic carbocycles. The first kappa shape index (κ1) is 14.9. The van der Waals surface area contributed by atoms with Gasteiger partial charge in [-0.05, 0) is 37.5 Å².